The Morgan fingerprint density at radius 2 is 1.78 bits per heavy atom. The van der Waals surface area contributed by atoms with Crippen LogP contribution in [0.15, 0.2) is 24.3 Å². The molecule has 0 spiro atoms. The Morgan fingerprint density at radius 1 is 1.09 bits per heavy atom. The number of rotatable bonds is 10. The minimum atomic E-state index is -1.04. The summed E-state index contributed by atoms with van der Waals surface area (Å²) in [6.07, 6.45) is 2.89. The molecule has 0 aromatic heterocycles. The molecule has 126 valence electrons. The molecular weight excluding hydrogens is 300 g/mol. The second kappa shape index (κ2) is 10.2. The summed E-state index contributed by atoms with van der Waals surface area (Å²) in [4.78, 5) is 32.8. The summed E-state index contributed by atoms with van der Waals surface area (Å²) >= 11 is 0. The average Bonchev–Trinajstić information content (AvgIpc) is 2.49. The fraction of sp³-hybridized carbons (Fsp3) is 0.438. The summed E-state index contributed by atoms with van der Waals surface area (Å²) in [6.45, 7) is 1.71. The summed E-state index contributed by atoms with van der Waals surface area (Å²) in [5, 5.41) is 14.0. The number of hydrogen-bond acceptors (Lipinski definition) is 4. The van der Waals surface area contributed by atoms with E-state index in [0.29, 0.717) is 24.4 Å². The van der Waals surface area contributed by atoms with Crippen molar-refractivity contribution >= 4 is 23.5 Å². The number of unbranched alkanes of at least 4 members (excludes halogenated alkanes) is 2. The highest BCUT2D eigenvalue weighted by molar-refractivity contribution is 5.90. The van der Waals surface area contributed by atoms with E-state index in [2.05, 4.69) is 10.6 Å². The van der Waals surface area contributed by atoms with Gasteiger partial charge in [-0.15, -0.1) is 0 Å². The van der Waals surface area contributed by atoms with E-state index in [9.17, 15) is 14.4 Å². The second-order valence-corrected chi connectivity index (χ2v) is 5.05. The molecule has 0 bridgehead atoms. The van der Waals surface area contributed by atoms with Crippen LogP contribution in [0, 0.1) is 0 Å². The summed E-state index contributed by atoms with van der Waals surface area (Å²) in [5.74, 6) is -0.730. The minimum Gasteiger partial charge on any atom is -0.482 e. The van der Waals surface area contributed by atoms with Crippen molar-refractivity contribution in [1.29, 1.82) is 0 Å². The van der Waals surface area contributed by atoms with Gasteiger partial charge in [-0.1, -0.05) is 6.42 Å². The average molecular weight is 322 g/mol. The van der Waals surface area contributed by atoms with Gasteiger partial charge in [0.2, 0.25) is 11.8 Å². The van der Waals surface area contributed by atoms with Crippen LogP contribution in [0.1, 0.15) is 32.6 Å². The molecule has 0 atom stereocenters. The van der Waals surface area contributed by atoms with Crippen molar-refractivity contribution in [3.8, 4) is 5.75 Å². The Labute approximate surface area is 135 Å². The van der Waals surface area contributed by atoms with Gasteiger partial charge in [0.1, 0.15) is 5.75 Å². The van der Waals surface area contributed by atoms with E-state index >= 15 is 0 Å². The molecule has 0 aliphatic carbocycles. The van der Waals surface area contributed by atoms with Crippen LogP contribution in [0.2, 0.25) is 0 Å². The Kier molecular flexibility index (Phi) is 8.20. The quantitative estimate of drug-likeness (QED) is 0.570. The number of anilines is 1. The van der Waals surface area contributed by atoms with Crippen LogP contribution < -0.4 is 15.4 Å². The maximum Gasteiger partial charge on any atom is 0.341 e. The van der Waals surface area contributed by atoms with Gasteiger partial charge >= 0.3 is 5.97 Å². The van der Waals surface area contributed by atoms with Crippen LogP contribution in [-0.4, -0.2) is 36.0 Å². The molecule has 0 unspecified atom stereocenters. The zero-order valence-corrected chi connectivity index (χ0v) is 13.1. The Morgan fingerprint density at radius 3 is 2.39 bits per heavy atom. The topological polar surface area (TPSA) is 105 Å². The van der Waals surface area contributed by atoms with Gasteiger partial charge in [0, 0.05) is 25.6 Å². The smallest absolute Gasteiger partial charge is 0.341 e. The molecule has 0 saturated heterocycles. The first-order valence-electron chi connectivity index (χ1n) is 7.46. The van der Waals surface area contributed by atoms with Gasteiger partial charge in [0.15, 0.2) is 6.61 Å². The molecule has 7 nitrogen and oxygen atoms in total. The largest absolute Gasteiger partial charge is 0.482 e. The van der Waals surface area contributed by atoms with Crippen molar-refractivity contribution in [3.05, 3.63) is 24.3 Å². The number of carbonyl (C=O) groups is 3. The molecule has 7 heteroatoms. The lowest BCUT2D eigenvalue weighted by Gasteiger charge is -2.07. The lowest BCUT2D eigenvalue weighted by molar-refractivity contribution is -0.139. The molecule has 0 fully saturated rings. The van der Waals surface area contributed by atoms with Gasteiger partial charge in [-0.3, -0.25) is 9.59 Å². The van der Waals surface area contributed by atoms with E-state index in [-0.39, 0.29) is 11.8 Å². The molecule has 1 aromatic carbocycles. The highest BCUT2D eigenvalue weighted by Crippen LogP contribution is 2.16. The number of carbonyl (C=O) groups excluding carboxylic acids is 2. The van der Waals surface area contributed by atoms with E-state index in [4.69, 9.17) is 9.84 Å². The zero-order chi connectivity index (χ0) is 17.1. The number of carboxylic acids is 1. The third-order valence-corrected chi connectivity index (χ3v) is 2.95. The van der Waals surface area contributed by atoms with E-state index in [1.165, 1.54) is 6.92 Å². The Bertz CT molecular complexity index is 528. The summed E-state index contributed by atoms with van der Waals surface area (Å²) < 4.78 is 5.00. The van der Waals surface area contributed by atoms with E-state index < -0.39 is 12.6 Å². The first-order chi connectivity index (χ1) is 11.0. The molecule has 1 rings (SSSR count). The van der Waals surface area contributed by atoms with Gasteiger partial charge in [-0.25, -0.2) is 4.79 Å². The highest BCUT2D eigenvalue weighted by Gasteiger charge is 2.04. The number of amides is 2. The van der Waals surface area contributed by atoms with Crippen LogP contribution in [-0.2, 0) is 14.4 Å². The number of benzene rings is 1. The third-order valence-electron chi connectivity index (χ3n) is 2.95. The number of carboxylic acid groups (broad SMARTS) is 1. The van der Waals surface area contributed by atoms with Crippen molar-refractivity contribution in [2.24, 2.45) is 0 Å². The van der Waals surface area contributed by atoms with Crippen LogP contribution in [0.4, 0.5) is 5.69 Å². The number of aliphatic carboxylic acids is 1. The van der Waals surface area contributed by atoms with Gasteiger partial charge in [-0.2, -0.15) is 0 Å². The summed E-state index contributed by atoms with van der Waals surface area (Å²) in [6, 6.07) is 6.52. The maximum absolute atomic E-state index is 11.8. The molecular formula is C16H22N2O5. The van der Waals surface area contributed by atoms with Crippen molar-refractivity contribution < 1.29 is 24.2 Å². The molecule has 1 aromatic rings. The fourth-order valence-corrected chi connectivity index (χ4v) is 1.85. The van der Waals surface area contributed by atoms with Crippen molar-refractivity contribution in [1.82, 2.24) is 5.32 Å². The first-order valence-corrected chi connectivity index (χ1v) is 7.46. The molecule has 0 aliphatic heterocycles. The SMILES string of the molecule is CC(=O)NCCCCCC(=O)Nc1ccc(OCC(=O)O)cc1. The maximum atomic E-state index is 11.8. The van der Waals surface area contributed by atoms with Crippen LogP contribution in [0.25, 0.3) is 0 Å². The second-order valence-electron chi connectivity index (χ2n) is 5.05. The standard InChI is InChI=1S/C16H22N2O5/c1-12(19)17-10-4-2-3-5-15(20)18-13-6-8-14(9-7-13)23-11-16(21)22/h6-9H,2-5,10-11H2,1H3,(H,17,19)(H,18,20)(H,21,22). The van der Waals surface area contributed by atoms with Gasteiger partial charge < -0.3 is 20.5 Å². The van der Waals surface area contributed by atoms with E-state index in [1.807, 2.05) is 0 Å². The molecule has 0 radical (unpaired) electrons. The lowest BCUT2D eigenvalue weighted by Crippen LogP contribution is -2.20. The summed E-state index contributed by atoms with van der Waals surface area (Å²) in [7, 11) is 0. The number of hydrogen-bond donors (Lipinski definition) is 3. The van der Waals surface area contributed by atoms with E-state index in [0.717, 1.165) is 19.3 Å². The molecule has 3 N–H and O–H groups in total. The van der Waals surface area contributed by atoms with E-state index in [1.54, 1.807) is 24.3 Å². The fourth-order valence-electron chi connectivity index (χ4n) is 1.85. The predicted octanol–water partition coefficient (Wildman–Crippen LogP) is 1.78. The monoisotopic (exact) mass is 322 g/mol. The molecule has 0 aliphatic rings. The zero-order valence-electron chi connectivity index (χ0n) is 13.1. The summed E-state index contributed by atoms with van der Waals surface area (Å²) in [5.41, 5.74) is 0.635. The van der Waals surface area contributed by atoms with Gasteiger partial charge in [0.05, 0.1) is 0 Å². The van der Waals surface area contributed by atoms with Crippen LogP contribution >= 0.6 is 0 Å². The highest BCUT2D eigenvalue weighted by atomic mass is 16.5. The molecule has 23 heavy (non-hydrogen) atoms. The van der Waals surface area contributed by atoms with Crippen LogP contribution in [0.5, 0.6) is 5.75 Å². The normalized spacial score (nSPS) is 9.96. The number of nitrogens with one attached hydrogen (secondary N) is 2. The Balaban J connectivity index is 2.21. The minimum absolute atomic E-state index is 0.0430. The van der Waals surface area contributed by atoms with Crippen LogP contribution in [0.3, 0.4) is 0 Å². The molecule has 2 amide bonds. The lowest BCUT2D eigenvalue weighted by atomic mass is 10.2. The van der Waals surface area contributed by atoms with Gasteiger partial charge in [0.25, 0.3) is 0 Å². The Hall–Kier alpha value is -2.57. The van der Waals surface area contributed by atoms with Gasteiger partial charge in [-0.05, 0) is 37.1 Å². The molecule has 0 saturated carbocycles. The van der Waals surface area contributed by atoms with Crippen molar-refractivity contribution in [3.63, 3.8) is 0 Å². The third kappa shape index (κ3) is 9.13. The number of ether oxygens (including phenoxy) is 1. The molecule has 0 heterocycles. The van der Waals surface area contributed by atoms with Crippen molar-refractivity contribution in [2.45, 2.75) is 32.6 Å². The van der Waals surface area contributed by atoms with Crippen molar-refractivity contribution in [2.75, 3.05) is 18.5 Å². The first kappa shape index (κ1) is 18.5. The predicted molar refractivity (Wildman–Crippen MR) is 85.4 cm³/mol.